The molecule has 540 valence electrons. The van der Waals surface area contributed by atoms with Crippen LogP contribution in [-0.2, 0) is 0 Å². The first-order valence-corrected chi connectivity index (χ1v) is 38.5. The van der Waals surface area contributed by atoms with Crippen molar-refractivity contribution in [2.75, 3.05) is 19.0 Å². The maximum atomic E-state index is 3.96. The van der Waals surface area contributed by atoms with Gasteiger partial charge in [-0.15, -0.1) is 70.8 Å². The summed E-state index contributed by atoms with van der Waals surface area (Å²) >= 11 is 0. The number of nitrogens with zero attached hydrogens (tertiary/aromatic N) is 2. The van der Waals surface area contributed by atoms with Crippen molar-refractivity contribution in [1.29, 1.82) is 0 Å². The first-order chi connectivity index (χ1) is 45.2. The van der Waals surface area contributed by atoms with Crippen molar-refractivity contribution >= 4 is 53.5 Å². The van der Waals surface area contributed by atoms with Gasteiger partial charge in [-0.1, -0.05) is 381 Å². The van der Waals surface area contributed by atoms with Crippen molar-refractivity contribution in [3.05, 3.63) is 188 Å². The monoisotopic (exact) mass is 1540 g/mol. The summed E-state index contributed by atoms with van der Waals surface area (Å²) in [6, 6.07) is 45.1. The zero-order chi connectivity index (χ0) is 72.8. The van der Waals surface area contributed by atoms with Crippen LogP contribution < -0.4 is 4.90 Å². The molecular weight excluding hydrogens is 1390 g/mol. The van der Waals surface area contributed by atoms with Gasteiger partial charge in [0.15, 0.2) is 0 Å². The van der Waals surface area contributed by atoms with Gasteiger partial charge in [0.2, 0.25) is 0 Å². The molecule has 7 aromatic rings. The number of rotatable bonds is 23. The molecule has 4 radical (unpaired) electrons. The predicted molar refractivity (Wildman–Crippen MR) is 449 cm³/mol. The van der Waals surface area contributed by atoms with Crippen molar-refractivity contribution in [2.45, 2.75) is 337 Å². The normalized spacial score (nSPS) is 11.1. The van der Waals surface area contributed by atoms with Crippen molar-refractivity contribution in [3.63, 3.8) is 0 Å². The van der Waals surface area contributed by atoms with Crippen LogP contribution in [0.1, 0.15) is 406 Å². The molecule has 0 aliphatic heterocycles. The molecule has 4 heteroatoms. The Labute approximate surface area is 644 Å². The minimum absolute atomic E-state index is 0. The number of hydrogen-bond acceptors (Lipinski definition) is 2. The van der Waals surface area contributed by atoms with Crippen LogP contribution in [0, 0.1) is 12.1 Å². The number of benzene rings is 6. The molecule has 0 saturated heterocycles. The van der Waals surface area contributed by atoms with E-state index in [2.05, 4.69) is 310 Å². The molecule has 0 aliphatic carbocycles. The summed E-state index contributed by atoms with van der Waals surface area (Å²) in [6.45, 7) is 69.0. The van der Waals surface area contributed by atoms with Crippen LogP contribution in [-0.4, -0.2) is 66.9 Å². The number of hydrogen-bond donors (Lipinski definition) is 0. The molecule has 0 N–H and O–H groups in total. The number of unbranched alkanes of at least 4 members (excludes halogenated alkanes) is 6. The van der Waals surface area contributed by atoms with E-state index in [9.17, 15) is 0 Å². The Morgan fingerprint density at radius 2 is 0.459 bits per heavy atom. The van der Waals surface area contributed by atoms with Gasteiger partial charge in [0, 0.05) is 32.2 Å². The van der Waals surface area contributed by atoms with Gasteiger partial charge < -0.3 is 7.75 Å². The molecule has 0 saturated carbocycles. The molecule has 1 aromatic heterocycles. The smallest absolute Gasteiger partial charge is 1.00 e. The van der Waals surface area contributed by atoms with Crippen LogP contribution in [0.3, 0.4) is 0 Å². The average Bonchev–Trinajstić information content (AvgIpc) is 0.780. The maximum absolute atomic E-state index is 3.96. The molecule has 7 rings (SSSR count). The van der Waals surface area contributed by atoms with Gasteiger partial charge in [-0.3, -0.25) is 4.98 Å². The zero-order valence-corrected chi connectivity index (χ0v) is 74.8. The SMILES string of the molecule is CC(C)c1cc(C(C)C)c(-c2[c-]c(-c3c(C(C)C)cc(C(C)C)cc3C(C)C)ccc2)c(C(C)C)c1.CC(C)c1cc(C(C)C)c(-c2[c-]c(-c3c(C(C)C)cc(C(C)C)cc3C(C)C)ccc2)c(C(C)C)c1.CCCCC.CCCCC.CCCCC.CN(C)c1ccncc1.[H-].[H-].[Sn+2].[Sn+2]. The predicted octanol–water partition coefficient (Wildman–Crippen LogP) is 30.3. The fourth-order valence-corrected chi connectivity index (χ4v) is 12.3. The second kappa shape index (κ2) is 47.9. The maximum Gasteiger partial charge on any atom is 2.00 e. The summed E-state index contributed by atoms with van der Waals surface area (Å²) in [4.78, 5) is 5.94. The molecular formula is C94H146N2Sn2. The van der Waals surface area contributed by atoms with E-state index in [-0.39, 0.29) is 50.7 Å². The first-order valence-electron chi connectivity index (χ1n) is 38.5. The second-order valence-corrected chi connectivity index (χ2v) is 31.3. The van der Waals surface area contributed by atoms with Gasteiger partial charge in [0.1, 0.15) is 0 Å². The number of pyridine rings is 1. The molecule has 2 nitrogen and oxygen atoms in total. The fourth-order valence-electron chi connectivity index (χ4n) is 12.3. The van der Waals surface area contributed by atoms with E-state index in [4.69, 9.17) is 0 Å². The molecule has 1 heterocycles. The Bertz CT molecular complexity index is 2810. The van der Waals surface area contributed by atoms with Gasteiger partial charge in [0.05, 0.1) is 0 Å². The van der Waals surface area contributed by atoms with Crippen LogP contribution >= 0.6 is 0 Å². The van der Waals surface area contributed by atoms with Crippen molar-refractivity contribution in [1.82, 2.24) is 4.98 Å². The largest absolute Gasteiger partial charge is 2.00 e. The fraction of sp³-hybridized carbons (Fsp3) is 0.564. The van der Waals surface area contributed by atoms with Crippen molar-refractivity contribution < 1.29 is 2.85 Å². The van der Waals surface area contributed by atoms with Gasteiger partial charge in [0.25, 0.3) is 0 Å². The quantitative estimate of drug-likeness (QED) is 0.0469. The Morgan fingerprint density at radius 1 is 0.286 bits per heavy atom. The van der Waals surface area contributed by atoms with E-state index < -0.39 is 0 Å². The minimum Gasteiger partial charge on any atom is -1.00 e. The molecule has 0 aliphatic rings. The van der Waals surface area contributed by atoms with Crippen LogP contribution in [0.4, 0.5) is 5.69 Å². The minimum atomic E-state index is 0. The van der Waals surface area contributed by atoms with Gasteiger partial charge in [-0.05, 0) is 105 Å². The molecule has 0 bridgehead atoms. The van der Waals surface area contributed by atoms with E-state index >= 15 is 0 Å². The van der Waals surface area contributed by atoms with Gasteiger partial charge >= 0.3 is 47.8 Å². The summed E-state index contributed by atoms with van der Waals surface area (Å²) in [5.74, 6) is 5.72. The molecule has 6 aromatic carbocycles. The van der Waals surface area contributed by atoms with Crippen LogP contribution in [0.5, 0.6) is 0 Å². The van der Waals surface area contributed by atoms with E-state index in [1.165, 1.54) is 175 Å². The van der Waals surface area contributed by atoms with E-state index in [0.29, 0.717) is 71.0 Å². The molecule has 0 atom stereocenters. The molecule has 0 unspecified atom stereocenters. The summed E-state index contributed by atoms with van der Waals surface area (Å²) in [7, 11) is 4.02. The van der Waals surface area contributed by atoms with Gasteiger partial charge in [-0.25, -0.2) is 0 Å². The molecule has 0 amide bonds. The molecule has 98 heavy (non-hydrogen) atoms. The number of anilines is 1. The molecule has 0 fully saturated rings. The number of aromatic nitrogens is 1. The van der Waals surface area contributed by atoms with E-state index in [1.807, 2.05) is 31.1 Å². The van der Waals surface area contributed by atoms with Crippen molar-refractivity contribution in [3.8, 4) is 44.5 Å². The Balaban J connectivity index is -0.00000137. The third kappa shape index (κ3) is 29.0. The third-order valence-electron chi connectivity index (χ3n) is 18.5. The zero-order valence-electron chi connectivity index (χ0n) is 71.1. The molecule has 0 spiro atoms. The van der Waals surface area contributed by atoms with Crippen LogP contribution in [0.25, 0.3) is 44.5 Å². The summed E-state index contributed by atoms with van der Waals surface area (Å²) in [5, 5.41) is 0. The van der Waals surface area contributed by atoms with Crippen LogP contribution in [0.15, 0.2) is 109 Å². The van der Waals surface area contributed by atoms with Crippen LogP contribution in [0.2, 0.25) is 0 Å². The Hall–Kier alpha value is -4.13. The summed E-state index contributed by atoms with van der Waals surface area (Å²) in [6.07, 6.45) is 15.8. The first kappa shape index (κ1) is 93.9. The van der Waals surface area contributed by atoms with Crippen molar-refractivity contribution in [2.24, 2.45) is 0 Å². The van der Waals surface area contributed by atoms with Gasteiger partial charge in [-0.2, -0.15) is 0 Å². The Morgan fingerprint density at radius 3 is 0.571 bits per heavy atom. The standard InChI is InChI=1S/2C36H49.C7H10N2.3C5H12.2Sn.2H/c2*1-21(2)29-17-31(23(5)6)35(32(18-29)24(7)8)27-14-13-15-28(16-27)36-33(25(9)10)19-30(22(3)4)20-34(36)26(11)12;1-9(2)7-3-5-8-6-4-7;3*1-3-5-4-2;;;;/h2*13-15,17-26H,1-12H3;3-6H,1-2H3;3*3-5H2,1-2H3;;;;/q2*-1;;;;;2*+2;2*-1. The third-order valence-corrected chi connectivity index (χ3v) is 18.5. The van der Waals surface area contributed by atoms with E-state index in [1.54, 1.807) is 12.4 Å². The summed E-state index contributed by atoms with van der Waals surface area (Å²) in [5.41, 5.74) is 29.0. The average molecular weight is 1540 g/mol. The topological polar surface area (TPSA) is 16.1 Å². The second-order valence-electron chi connectivity index (χ2n) is 31.3. The summed E-state index contributed by atoms with van der Waals surface area (Å²) < 4.78 is 0. The van der Waals surface area contributed by atoms with E-state index in [0.717, 1.165) is 0 Å². The Kier molecular flexibility index (Phi) is 45.9.